The molecule has 24 heavy (non-hydrogen) atoms. The summed E-state index contributed by atoms with van der Waals surface area (Å²) in [5, 5.41) is 12.4. The molecule has 0 aromatic heterocycles. The second kappa shape index (κ2) is 6.69. The number of nitrogens with one attached hydrogen (secondary N) is 1. The number of carboxylic acids is 1. The summed E-state index contributed by atoms with van der Waals surface area (Å²) in [7, 11) is 0. The fraction of sp³-hybridized carbons (Fsp3) is 0.529. The maximum Gasteiger partial charge on any atom is 0.305 e. The zero-order valence-electron chi connectivity index (χ0n) is 13.1. The third-order valence-corrected chi connectivity index (χ3v) is 5.16. The number of carbonyl (C=O) groups is 2. The number of ether oxygens (including phenoxy) is 1. The summed E-state index contributed by atoms with van der Waals surface area (Å²) >= 11 is 6.06. The van der Waals surface area contributed by atoms with Gasteiger partial charge in [0.05, 0.1) is 12.0 Å². The fourth-order valence-electron chi connectivity index (χ4n) is 3.42. The molecule has 2 N–H and O–H groups in total. The Bertz CT molecular complexity index is 640. The Hall–Kier alpha value is -1.66. The van der Waals surface area contributed by atoms with Crippen molar-refractivity contribution in [3.05, 3.63) is 34.6 Å². The molecule has 1 aromatic rings. The molecule has 1 aliphatic carbocycles. The van der Waals surface area contributed by atoms with Crippen LogP contribution in [0.5, 0.6) is 0 Å². The van der Waals surface area contributed by atoms with Crippen LogP contribution in [0.3, 0.4) is 0 Å². The van der Waals surface area contributed by atoms with Crippen LogP contribution < -0.4 is 5.32 Å². The molecule has 0 radical (unpaired) electrons. The van der Waals surface area contributed by atoms with Crippen molar-refractivity contribution in [2.24, 2.45) is 5.92 Å². The summed E-state index contributed by atoms with van der Waals surface area (Å²) in [5.74, 6) is -2.22. The molecule has 2 unspecified atom stereocenters. The van der Waals surface area contributed by atoms with Crippen molar-refractivity contribution >= 4 is 23.5 Å². The van der Waals surface area contributed by atoms with Crippen molar-refractivity contribution in [2.75, 3.05) is 13.2 Å². The first kappa shape index (κ1) is 17.2. The molecule has 0 bridgehead atoms. The number of carbonyl (C=O) groups excluding carboxylic acids is 1. The number of carboxylic acid groups (broad SMARTS) is 1. The zero-order chi connectivity index (χ0) is 17.3. The van der Waals surface area contributed by atoms with Gasteiger partial charge in [-0.3, -0.25) is 9.59 Å². The molecule has 1 aromatic carbocycles. The number of hydrogen-bond donors (Lipinski definition) is 2. The Morgan fingerprint density at radius 3 is 2.71 bits per heavy atom. The van der Waals surface area contributed by atoms with E-state index < -0.39 is 17.3 Å². The van der Waals surface area contributed by atoms with Crippen LogP contribution in [-0.2, 0) is 14.3 Å². The van der Waals surface area contributed by atoms with Crippen molar-refractivity contribution in [3.63, 3.8) is 0 Å². The highest BCUT2D eigenvalue weighted by molar-refractivity contribution is 6.31. The normalized spacial score (nSPS) is 25.1. The van der Waals surface area contributed by atoms with Crippen LogP contribution >= 0.6 is 11.6 Å². The average molecular weight is 356 g/mol. The Morgan fingerprint density at radius 1 is 1.38 bits per heavy atom. The second-order valence-electron chi connectivity index (χ2n) is 6.54. The van der Waals surface area contributed by atoms with Crippen molar-refractivity contribution in [2.45, 2.75) is 37.1 Å². The monoisotopic (exact) mass is 355 g/mol. The van der Waals surface area contributed by atoms with Gasteiger partial charge in [0.15, 0.2) is 0 Å². The highest BCUT2D eigenvalue weighted by atomic mass is 35.5. The molecule has 5 nitrogen and oxygen atoms in total. The van der Waals surface area contributed by atoms with Gasteiger partial charge < -0.3 is 15.2 Å². The number of aliphatic carboxylic acids is 1. The summed E-state index contributed by atoms with van der Waals surface area (Å²) in [5.41, 5.74) is -0.411. The summed E-state index contributed by atoms with van der Waals surface area (Å²) in [6.07, 6.45) is 1.30. The van der Waals surface area contributed by atoms with Crippen molar-refractivity contribution in [1.29, 1.82) is 0 Å². The van der Waals surface area contributed by atoms with E-state index in [1.54, 1.807) is 6.07 Å². The van der Waals surface area contributed by atoms with Crippen LogP contribution in [0.1, 0.15) is 37.2 Å². The van der Waals surface area contributed by atoms with Crippen LogP contribution in [0.2, 0.25) is 5.02 Å². The van der Waals surface area contributed by atoms with Gasteiger partial charge >= 0.3 is 5.97 Å². The highest BCUT2D eigenvalue weighted by Gasteiger charge is 2.48. The first-order valence-corrected chi connectivity index (χ1v) is 8.35. The molecule has 2 fully saturated rings. The molecule has 1 saturated heterocycles. The van der Waals surface area contributed by atoms with Gasteiger partial charge in [-0.2, -0.15) is 0 Å². The molecule has 1 saturated carbocycles. The molecule has 1 amide bonds. The van der Waals surface area contributed by atoms with Gasteiger partial charge in [-0.15, -0.1) is 0 Å². The fourth-order valence-corrected chi connectivity index (χ4v) is 3.72. The van der Waals surface area contributed by atoms with Crippen LogP contribution in [0.4, 0.5) is 4.39 Å². The molecule has 1 aliphatic heterocycles. The number of hydrogen-bond acceptors (Lipinski definition) is 3. The Kier molecular flexibility index (Phi) is 4.78. The van der Waals surface area contributed by atoms with Gasteiger partial charge in [0, 0.05) is 35.6 Å². The average Bonchev–Trinajstić information content (AvgIpc) is 3.27. The van der Waals surface area contributed by atoms with Gasteiger partial charge in [0.1, 0.15) is 5.82 Å². The minimum absolute atomic E-state index is 0.139. The third kappa shape index (κ3) is 3.54. The van der Waals surface area contributed by atoms with Crippen LogP contribution in [0.15, 0.2) is 18.2 Å². The number of benzene rings is 1. The minimum Gasteiger partial charge on any atom is -0.481 e. The zero-order valence-corrected chi connectivity index (χ0v) is 13.8. The third-order valence-electron chi connectivity index (χ3n) is 4.83. The number of amides is 1. The van der Waals surface area contributed by atoms with Crippen LogP contribution in [0.25, 0.3) is 0 Å². The van der Waals surface area contributed by atoms with Crippen LogP contribution in [-0.4, -0.2) is 35.7 Å². The smallest absolute Gasteiger partial charge is 0.305 e. The van der Waals surface area contributed by atoms with E-state index in [-0.39, 0.29) is 24.2 Å². The quantitative estimate of drug-likeness (QED) is 0.851. The molecule has 7 heteroatoms. The molecule has 2 atom stereocenters. The highest BCUT2D eigenvalue weighted by Crippen LogP contribution is 2.51. The number of halogens is 2. The van der Waals surface area contributed by atoms with Crippen molar-refractivity contribution in [3.8, 4) is 0 Å². The predicted molar refractivity (Wildman–Crippen MR) is 85.4 cm³/mol. The summed E-state index contributed by atoms with van der Waals surface area (Å²) in [4.78, 5) is 23.7. The molecule has 130 valence electrons. The Labute approximate surface area is 144 Å². The standard InChI is InChI=1S/C17H19ClFNO4/c18-12-2-1-3-13(19)15(12)10-8-11(10)16(23)20-17(9-14(21)22)4-6-24-7-5-17/h1-3,10-11H,4-9H2,(H,20,23)(H,21,22). The maximum atomic E-state index is 14.0. The van der Waals surface area contributed by atoms with Gasteiger partial charge in [-0.1, -0.05) is 17.7 Å². The SMILES string of the molecule is O=C(O)CC1(NC(=O)C2CC2c2c(F)cccc2Cl)CCOCC1. The Balaban J connectivity index is 1.70. The summed E-state index contributed by atoms with van der Waals surface area (Å²) in [6, 6.07) is 4.47. The van der Waals surface area contributed by atoms with E-state index in [0.717, 1.165) is 0 Å². The molecule has 3 rings (SSSR count). The lowest BCUT2D eigenvalue weighted by atomic mass is 9.86. The molecule has 2 aliphatic rings. The van der Waals surface area contributed by atoms with E-state index >= 15 is 0 Å². The van der Waals surface area contributed by atoms with E-state index in [4.69, 9.17) is 21.4 Å². The van der Waals surface area contributed by atoms with Crippen LogP contribution in [0, 0.1) is 11.7 Å². The first-order valence-electron chi connectivity index (χ1n) is 7.97. The van der Waals surface area contributed by atoms with Crippen molar-refractivity contribution < 1.29 is 23.8 Å². The first-order chi connectivity index (χ1) is 11.4. The largest absolute Gasteiger partial charge is 0.481 e. The minimum atomic E-state index is -0.957. The van der Waals surface area contributed by atoms with Crippen molar-refractivity contribution in [1.82, 2.24) is 5.32 Å². The Morgan fingerprint density at radius 2 is 2.08 bits per heavy atom. The molecule has 1 heterocycles. The summed E-state index contributed by atoms with van der Waals surface area (Å²) in [6.45, 7) is 0.835. The second-order valence-corrected chi connectivity index (χ2v) is 6.94. The lowest BCUT2D eigenvalue weighted by Crippen LogP contribution is -2.53. The molecular weight excluding hydrogens is 337 g/mol. The van der Waals surface area contributed by atoms with Gasteiger partial charge in [0.25, 0.3) is 0 Å². The lowest BCUT2D eigenvalue weighted by molar-refractivity contribution is -0.140. The predicted octanol–water partition coefficient (Wildman–Crippen LogP) is 2.72. The van der Waals surface area contributed by atoms with E-state index in [0.29, 0.717) is 43.1 Å². The number of rotatable bonds is 5. The summed E-state index contributed by atoms with van der Waals surface area (Å²) < 4.78 is 19.2. The van der Waals surface area contributed by atoms with Gasteiger partial charge in [-0.05, 0) is 31.4 Å². The van der Waals surface area contributed by atoms with E-state index in [9.17, 15) is 14.0 Å². The lowest BCUT2D eigenvalue weighted by Gasteiger charge is -2.37. The molecular formula is C17H19ClFNO4. The molecule has 0 spiro atoms. The van der Waals surface area contributed by atoms with Gasteiger partial charge in [0.2, 0.25) is 5.91 Å². The van der Waals surface area contributed by atoms with E-state index in [1.807, 2.05) is 0 Å². The van der Waals surface area contributed by atoms with E-state index in [1.165, 1.54) is 12.1 Å². The topological polar surface area (TPSA) is 75.6 Å². The maximum absolute atomic E-state index is 14.0. The van der Waals surface area contributed by atoms with E-state index in [2.05, 4.69) is 5.32 Å². The van der Waals surface area contributed by atoms with Gasteiger partial charge in [-0.25, -0.2) is 4.39 Å².